The van der Waals surface area contributed by atoms with Crippen LogP contribution in [0.25, 0.3) is 0 Å². The number of aldehydes is 1. The van der Waals surface area contributed by atoms with Crippen molar-refractivity contribution in [2.45, 2.75) is 27.3 Å². The average molecular weight is 251 g/mol. The number of hydrogen-bond acceptors (Lipinski definition) is 4. The predicted molar refractivity (Wildman–Crippen MR) is 70.2 cm³/mol. The molecule has 0 atom stereocenters. The fourth-order valence-corrected chi connectivity index (χ4v) is 2.30. The molecule has 0 unspecified atom stereocenters. The van der Waals surface area contributed by atoms with Crippen molar-refractivity contribution in [1.29, 1.82) is 0 Å². The first-order valence-corrected chi connectivity index (χ1v) is 6.48. The zero-order valence-corrected chi connectivity index (χ0v) is 11.3. The SMILES string of the molecule is Cc1nn(CC(C)C)c(N2CCOCC2)c1C=O. The number of hydrogen-bond donors (Lipinski definition) is 0. The van der Waals surface area contributed by atoms with Gasteiger partial charge in [-0.25, -0.2) is 4.68 Å². The quantitative estimate of drug-likeness (QED) is 0.761. The minimum absolute atomic E-state index is 0.503. The summed E-state index contributed by atoms with van der Waals surface area (Å²) >= 11 is 0. The number of aryl methyl sites for hydroxylation is 1. The van der Waals surface area contributed by atoms with Gasteiger partial charge >= 0.3 is 0 Å². The number of carbonyl (C=O) groups is 1. The van der Waals surface area contributed by atoms with Crippen molar-refractivity contribution < 1.29 is 9.53 Å². The Morgan fingerprint density at radius 3 is 2.61 bits per heavy atom. The van der Waals surface area contributed by atoms with E-state index in [2.05, 4.69) is 23.8 Å². The number of nitrogens with zero attached hydrogens (tertiary/aromatic N) is 3. The Morgan fingerprint density at radius 2 is 2.06 bits per heavy atom. The first-order valence-electron chi connectivity index (χ1n) is 6.48. The zero-order valence-electron chi connectivity index (χ0n) is 11.3. The molecule has 1 aromatic rings. The van der Waals surface area contributed by atoms with Crippen LogP contribution in [-0.2, 0) is 11.3 Å². The Labute approximate surface area is 108 Å². The van der Waals surface area contributed by atoms with E-state index in [0.717, 1.165) is 43.0 Å². The van der Waals surface area contributed by atoms with Crippen molar-refractivity contribution in [3.05, 3.63) is 11.3 Å². The van der Waals surface area contributed by atoms with Crippen LogP contribution in [0, 0.1) is 12.8 Å². The molecule has 5 nitrogen and oxygen atoms in total. The first kappa shape index (κ1) is 13.1. The van der Waals surface area contributed by atoms with Gasteiger partial charge in [0.1, 0.15) is 5.82 Å². The van der Waals surface area contributed by atoms with E-state index < -0.39 is 0 Å². The summed E-state index contributed by atoms with van der Waals surface area (Å²) in [6.07, 6.45) is 0.921. The molecular formula is C13H21N3O2. The van der Waals surface area contributed by atoms with Crippen molar-refractivity contribution in [2.24, 2.45) is 5.92 Å². The highest BCUT2D eigenvalue weighted by atomic mass is 16.5. The van der Waals surface area contributed by atoms with Crippen LogP contribution in [0.4, 0.5) is 5.82 Å². The summed E-state index contributed by atoms with van der Waals surface area (Å²) < 4.78 is 7.33. The Balaban J connectivity index is 2.36. The summed E-state index contributed by atoms with van der Waals surface area (Å²) in [7, 11) is 0. The third kappa shape index (κ3) is 2.56. The summed E-state index contributed by atoms with van der Waals surface area (Å²) in [4.78, 5) is 13.5. The van der Waals surface area contributed by atoms with Crippen LogP contribution in [0.3, 0.4) is 0 Å². The number of anilines is 1. The Morgan fingerprint density at radius 1 is 1.39 bits per heavy atom. The predicted octanol–water partition coefficient (Wildman–Crippen LogP) is 1.50. The molecule has 0 N–H and O–H groups in total. The van der Waals surface area contributed by atoms with Gasteiger partial charge in [0.15, 0.2) is 6.29 Å². The molecule has 2 heterocycles. The van der Waals surface area contributed by atoms with Gasteiger partial charge in [-0.1, -0.05) is 13.8 Å². The smallest absolute Gasteiger partial charge is 0.155 e. The van der Waals surface area contributed by atoms with E-state index >= 15 is 0 Å². The molecule has 18 heavy (non-hydrogen) atoms. The van der Waals surface area contributed by atoms with E-state index in [0.29, 0.717) is 19.1 Å². The van der Waals surface area contributed by atoms with Crippen LogP contribution < -0.4 is 4.90 Å². The van der Waals surface area contributed by atoms with Crippen molar-refractivity contribution >= 4 is 12.1 Å². The molecule has 0 spiro atoms. The Bertz CT molecular complexity index is 420. The molecule has 0 aliphatic carbocycles. The van der Waals surface area contributed by atoms with E-state index in [1.165, 1.54) is 0 Å². The maximum atomic E-state index is 11.3. The lowest BCUT2D eigenvalue weighted by molar-refractivity contribution is 0.111. The molecule has 0 aromatic carbocycles. The highest BCUT2D eigenvalue weighted by Crippen LogP contribution is 2.24. The van der Waals surface area contributed by atoms with Gasteiger partial charge in [-0.05, 0) is 12.8 Å². The average Bonchev–Trinajstić information content (AvgIpc) is 2.65. The molecule has 1 aliphatic heterocycles. The van der Waals surface area contributed by atoms with Crippen LogP contribution in [0.15, 0.2) is 0 Å². The fourth-order valence-electron chi connectivity index (χ4n) is 2.30. The highest BCUT2D eigenvalue weighted by molar-refractivity contribution is 5.84. The molecule has 1 aliphatic rings. The largest absolute Gasteiger partial charge is 0.378 e. The van der Waals surface area contributed by atoms with Crippen molar-refractivity contribution in [1.82, 2.24) is 9.78 Å². The second kappa shape index (κ2) is 5.52. The third-order valence-corrected chi connectivity index (χ3v) is 3.11. The Hall–Kier alpha value is -1.36. The lowest BCUT2D eigenvalue weighted by Gasteiger charge is -2.29. The monoisotopic (exact) mass is 251 g/mol. The summed E-state index contributed by atoms with van der Waals surface area (Å²) in [5.74, 6) is 1.46. The summed E-state index contributed by atoms with van der Waals surface area (Å²) in [5.41, 5.74) is 1.53. The normalized spacial score (nSPS) is 16.3. The van der Waals surface area contributed by atoms with Gasteiger partial charge in [0, 0.05) is 19.6 Å². The van der Waals surface area contributed by atoms with E-state index in [4.69, 9.17) is 4.74 Å². The molecule has 0 amide bonds. The topological polar surface area (TPSA) is 47.4 Å². The van der Waals surface area contributed by atoms with Crippen molar-refractivity contribution in [3.63, 3.8) is 0 Å². The van der Waals surface area contributed by atoms with E-state index in [1.54, 1.807) is 0 Å². The van der Waals surface area contributed by atoms with Gasteiger partial charge in [-0.15, -0.1) is 0 Å². The second-order valence-corrected chi connectivity index (χ2v) is 5.12. The van der Waals surface area contributed by atoms with Crippen molar-refractivity contribution in [3.8, 4) is 0 Å². The summed E-state index contributed by atoms with van der Waals surface area (Å²) in [6, 6.07) is 0. The first-order chi connectivity index (χ1) is 8.63. The van der Waals surface area contributed by atoms with Crippen LogP contribution in [0.2, 0.25) is 0 Å². The van der Waals surface area contributed by atoms with Gasteiger partial charge in [0.2, 0.25) is 0 Å². The summed E-state index contributed by atoms with van der Waals surface area (Å²) in [6.45, 7) is 10.1. The molecule has 100 valence electrons. The zero-order chi connectivity index (χ0) is 13.1. The Kier molecular flexibility index (Phi) is 4.01. The molecule has 0 radical (unpaired) electrons. The number of rotatable bonds is 4. The second-order valence-electron chi connectivity index (χ2n) is 5.12. The lowest BCUT2D eigenvalue weighted by Crippen LogP contribution is -2.38. The molecule has 2 rings (SSSR count). The molecule has 1 saturated heterocycles. The van der Waals surface area contributed by atoms with Gasteiger partial charge in [-0.2, -0.15) is 5.10 Å². The molecule has 1 aromatic heterocycles. The molecule has 5 heteroatoms. The van der Waals surface area contributed by atoms with Gasteiger partial charge in [-0.3, -0.25) is 4.79 Å². The van der Waals surface area contributed by atoms with E-state index in [9.17, 15) is 4.79 Å². The number of carbonyl (C=O) groups excluding carboxylic acids is 1. The van der Waals surface area contributed by atoms with Crippen molar-refractivity contribution in [2.75, 3.05) is 31.2 Å². The van der Waals surface area contributed by atoms with Crippen LogP contribution in [-0.4, -0.2) is 42.4 Å². The fraction of sp³-hybridized carbons (Fsp3) is 0.692. The number of morpholine rings is 1. The van der Waals surface area contributed by atoms with Gasteiger partial charge < -0.3 is 9.64 Å². The summed E-state index contributed by atoms with van der Waals surface area (Å²) in [5, 5.41) is 4.50. The minimum atomic E-state index is 0.503. The van der Waals surface area contributed by atoms with Gasteiger partial charge in [0.25, 0.3) is 0 Å². The van der Waals surface area contributed by atoms with Crippen LogP contribution in [0.5, 0.6) is 0 Å². The third-order valence-electron chi connectivity index (χ3n) is 3.11. The van der Waals surface area contributed by atoms with Crippen LogP contribution >= 0.6 is 0 Å². The molecule has 0 bridgehead atoms. The van der Waals surface area contributed by atoms with E-state index in [-0.39, 0.29) is 0 Å². The number of aromatic nitrogens is 2. The standard InChI is InChI=1S/C13H21N3O2/c1-10(2)8-16-13(12(9-17)11(3)14-16)15-4-6-18-7-5-15/h9-10H,4-8H2,1-3H3. The molecular weight excluding hydrogens is 230 g/mol. The molecule has 0 saturated carbocycles. The highest BCUT2D eigenvalue weighted by Gasteiger charge is 2.22. The van der Waals surface area contributed by atoms with E-state index in [1.807, 2.05) is 11.6 Å². The minimum Gasteiger partial charge on any atom is -0.378 e. The van der Waals surface area contributed by atoms with Crippen LogP contribution in [0.1, 0.15) is 29.9 Å². The van der Waals surface area contributed by atoms with Gasteiger partial charge in [0.05, 0.1) is 24.5 Å². The lowest BCUT2D eigenvalue weighted by atomic mass is 10.2. The molecule has 1 fully saturated rings. The number of ether oxygens (including phenoxy) is 1. The maximum Gasteiger partial charge on any atom is 0.155 e. The maximum absolute atomic E-state index is 11.3.